The van der Waals surface area contributed by atoms with E-state index in [1.165, 1.54) is 32.1 Å². The summed E-state index contributed by atoms with van der Waals surface area (Å²) < 4.78 is 0. The van der Waals surface area contributed by atoms with E-state index in [2.05, 4.69) is 13.8 Å². The van der Waals surface area contributed by atoms with Crippen molar-refractivity contribution in [1.82, 2.24) is 0 Å². The summed E-state index contributed by atoms with van der Waals surface area (Å²) in [7, 11) is 0. The molecule has 15 heavy (non-hydrogen) atoms. The van der Waals surface area contributed by atoms with Gasteiger partial charge in [0.05, 0.1) is 0 Å². The predicted molar refractivity (Wildman–Crippen MR) is 67.0 cm³/mol. The zero-order valence-electron chi connectivity index (χ0n) is 10.4. The second kappa shape index (κ2) is 11.5. The molecule has 0 radical (unpaired) electrons. The Morgan fingerprint density at radius 2 is 1.60 bits per heavy atom. The highest BCUT2D eigenvalue weighted by Gasteiger charge is 1.94. The lowest BCUT2D eigenvalue weighted by molar-refractivity contribution is -0.114. The summed E-state index contributed by atoms with van der Waals surface area (Å²) in [6.07, 6.45) is 14.3. The minimum Gasteiger partial charge on any atom is -0.295 e. The van der Waals surface area contributed by atoms with E-state index < -0.39 is 0 Å². The minimum atomic E-state index is 0.297. The number of rotatable bonds is 10. The average Bonchev–Trinajstić information content (AvgIpc) is 2.25. The van der Waals surface area contributed by atoms with Crippen LogP contribution in [0.4, 0.5) is 0 Å². The van der Waals surface area contributed by atoms with Gasteiger partial charge >= 0.3 is 0 Å². The molecular weight excluding hydrogens is 184 g/mol. The molecule has 0 bridgehead atoms. The summed E-state index contributed by atoms with van der Waals surface area (Å²) in [5.74, 6) is 0.297. The van der Waals surface area contributed by atoms with E-state index in [1.54, 1.807) is 6.08 Å². The maximum absolute atomic E-state index is 11.3. The molecule has 0 aliphatic carbocycles. The summed E-state index contributed by atoms with van der Waals surface area (Å²) in [4.78, 5) is 11.3. The van der Waals surface area contributed by atoms with Gasteiger partial charge in [-0.15, -0.1) is 0 Å². The Bertz CT molecular complexity index is 170. The summed E-state index contributed by atoms with van der Waals surface area (Å²) in [5, 5.41) is 0. The van der Waals surface area contributed by atoms with Gasteiger partial charge in [-0.25, -0.2) is 0 Å². The zero-order valence-corrected chi connectivity index (χ0v) is 10.4. The first-order chi connectivity index (χ1) is 7.31. The molecule has 0 unspecified atom stereocenters. The maximum Gasteiger partial charge on any atom is 0.155 e. The molecule has 0 fully saturated rings. The average molecular weight is 210 g/mol. The van der Waals surface area contributed by atoms with Gasteiger partial charge in [0.1, 0.15) is 0 Å². The number of carbonyl (C=O) groups is 1. The van der Waals surface area contributed by atoms with Crippen molar-refractivity contribution in [1.29, 1.82) is 0 Å². The van der Waals surface area contributed by atoms with Gasteiger partial charge in [0, 0.05) is 6.42 Å². The molecule has 1 nitrogen and oxygen atoms in total. The van der Waals surface area contributed by atoms with Crippen LogP contribution in [-0.2, 0) is 4.79 Å². The SMILES string of the molecule is CCCCCCCC=CC(=O)CCCC. The first kappa shape index (κ1) is 14.4. The maximum atomic E-state index is 11.3. The molecule has 0 saturated carbocycles. The van der Waals surface area contributed by atoms with Crippen molar-refractivity contribution in [2.75, 3.05) is 0 Å². The molecule has 0 heterocycles. The molecule has 0 atom stereocenters. The van der Waals surface area contributed by atoms with Crippen LogP contribution >= 0.6 is 0 Å². The number of unbranched alkanes of at least 4 members (excludes halogenated alkanes) is 6. The fourth-order valence-corrected chi connectivity index (χ4v) is 1.51. The quantitative estimate of drug-likeness (QED) is 0.378. The molecule has 0 spiro atoms. The van der Waals surface area contributed by atoms with Crippen LogP contribution in [0.15, 0.2) is 12.2 Å². The molecule has 0 aromatic carbocycles. The predicted octanol–water partition coefficient (Wildman–Crippen LogP) is 4.66. The Labute approximate surface area is 95.0 Å². The van der Waals surface area contributed by atoms with Crippen molar-refractivity contribution >= 4 is 5.78 Å². The Hall–Kier alpha value is -0.590. The van der Waals surface area contributed by atoms with Crippen molar-refractivity contribution in [3.8, 4) is 0 Å². The summed E-state index contributed by atoms with van der Waals surface area (Å²) in [5.41, 5.74) is 0. The second-order valence-corrected chi connectivity index (χ2v) is 4.18. The van der Waals surface area contributed by atoms with E-state index in [0.717, 1.165) is 25.7 Å². The molecule has 1 heteroatoms. The molecule has 0 aromatic rings. The van der Waals surface area contributed by atoms with Crippen LogP contribution in [0.5, 0.6) is 0 Å². The van der Waals surface area contributed by atoms with Crippen molar-refractivity contribution in [3.05, 3.63) is 12.2 Å². The van der Waals surface area contributed by atoms with Gasteiger partial charge in [0.2, 0.25) is 0 Å². The van der Waals surface area contributed by atoms with Crippen LogP contribution in [-0.4, -0.2) is 5.78 Å². The van der Waals surface area contributed by atoms with Gasteiger partial charge in [-0.05, 0) is 25.3 Å². The first-order valence-electron chi connectivity index (χ1n) is 6.50. The van der Waals surface area contributed by atoms with Gasteiger partial charge < -0.3 is 0 Å². The lowest BCUT2D eigenvalue weighted by Gasteiger charge is -1.96. The fourth-order valence-electron chi connectivity index (χ4n) is 1.51. The van der Waals surface area contributed by atoms with Crippen LogP contribution in [0.3, 0.4) is 0 Å². The standard InChI is InChI=1S/C14H26O/c1-3-5-7-8-9-10-11-13-14(15)12-6-4-2/h11,13H,3-10,12H2,1-2H3. The number of allylic oxidation sites excluding steroid dienone is 2. The number of hydrogen-bond acceptors (Lipinski definition) is 1. The van der Waals surface area contributed by atoms with Crippen molar-refractivity contribution < 1.29 is 4.79 Å². The Morgan fingerprint density at radius 1 is 0.933 bits per heavy atom. The number of ketones is 1. The number of carbonyl (C=O) groups excluding carboxylic acids is 1. The van der Waals surface area contributed by atoms with Crippen LogP contribution in [0.25, 0.3) is 0 Å². The first-order valence-corrected chi connectivity index (χ1v) is 6.50. The van der Waals surface area contributed by atoms with E-state index in [1.807, 2.05) is 6.08 Å². The van der Waals surface area contributed by atoms with Crippen molar-refractivity contribution in [2.24, 2.45) is 0 Å². The van der Waals surface area contributed by atoms with E-state index in [9.17, 15) is 4.79 Å². The Kier molecular flexibility index (Phi) is 11.0. The van der Waals surface area contributed by atoms with E-state index >= 15 is 0 Å². The van der Waals surface area contributed by atoms with E-state index in [4.69, 9.17) is 0 Å². The number of hydrogen-bond donors (Lipinski definition) is 0. The topological polar surface area (TPSA) is 17.1 Å². The van der Waals surface area contributed by atoms with Gasteiger partial charge in [0.15, 0.2) is 5.78 Å². The minimum absolute atomic E-state index is 0.297. The van der Waals surface area contributed by atoms with E-state index in [-0.39, 0.29) is 0 Å². The highest BCUT2D eigenvalue weighted by molar-refractivity contribution is 5.89. The molecule has 0 N–H and O–H groups in total. The van der Waals surface area contributed by atoms with Crippen LogP contribution in [0.2, 0.25) is 0 Å². The molecule has 0 aliphatic rings. The Morgan fingerprint density at radius 3 is 2.27 bits per heavy atom. The monoisotopic (exact) mass is 210 g/mol. The third kappa shape index (κ3) is 11.3. The molecule has 0 aliphatic heterocycles. The third-order valence-corrected chi connectivity index (χ3v) is 2.55. The Balaban J connectivity index is 3.26. The van der Waals surface area contributed by atoms with Gasteiger partial charge in [-0.1, -0.05) is 52.0 Å². The lowest BCUT2D eigenvalue weighted by Crippen LogP contribution is -1.91. The van der Waals surface area contributed by atoms with Gasteiger partial charge in [-0.2, -0.15) is 0 Å². The smallest absolute Gasteiger partial charge is 0.155 e. The normalized spacial score (nSPS) is 11.1. The lowest BCUT2D eigenvalue weighted by atomic mass is 10.1. The van der Waals surface area contributed by atoms with Gasteiger partial charge in [0.25, 0.3) is 0 Å². The van der Waals surface area contributed by atoms with Crippen molar-refractivity contribution in [2.45, 2.75) is 71.6 Å². The molecular formula is C14H26O. The van der Waals surface area contributed by atoms with Crippen LogP contribution in [0, 0.1) is 0 Å². The molecule has 0 rings (SSSR count). The second-order valence-electron chi connectivity index (χ2n) is 4.18. The van der Waals surface area contributed by atoms with E-state index in [0.29, 0.717) is 5.78 Å². The molecule has 0 saturated heterocycles. The summed E-state index contributed by atoms with van der Waals surface area (Å²) in [6.45, 7) is 4.34. The summed E-state index contributed by atoms with van der Waals surface area (Å²) >= 11 is 0. The molecule has 88 valence electrons. The third-order valence-electron chi connectivity index (χ3n) is 2.55. The fraction of sp³-hybridized carbons (Fsp3) is 0.786. The summed E-state index contributed by atoms with van der Waals surface area (Å²) in [6, 6.07) is 0. The molecule has 0 amide bonds. The van der Waals surface area contributed by atoms with Gasteiger partial charge in [-0.3, -0.25) is 4.79 Å². The largest absolute Gasteiger partial charge is 0.295 e. The van der Waals surface area contributed by atoms with Crippen LogP contribution in [0.1, 0.15) is 71.6 Å². The highest BCUT2D eigenvalue weighted by Crippen LogP contribution is 2.05. The molecule has 0 aromatic heterocycles. The zero-order chi connectivity index (χ0) is 11.4. The highest BCUT2D eigenvalue weighted by atomic mass is 16.1. The van der Waals surface area contributed by atoms with Crippen molar-refractivity contribution in [3.63, 3.8) is 0 Å². The van der Waals surface area contributed by atoms with Crippen LogP contribution < -0.4 is 0 Å².